The molecule has 1 N–H and O–H groups in total. The molecular weight excluding hydrogens is 190 g/mol. The summed E-state index contributed by atoms with van der Waals surface area (Å²) in [5.74, 6) is 0.226. The maximum atomic E-state index is 11.1. The Kier molecular flexibility index (Phi) is 5.44. The number of ketones is 1. The first-order chi connectivity index (χ1) is 7.33. The van der Waals surface area contributed by atoms with Crippen molar-refractivity contribution in [3.63, 3.8) is 0 Å². The predicted octanol–water partition coefficient (Wildman–Crippen LogP) is 1.75. The van der Waals surface area contributed by atoms with Crippen molar-refractivity contribution in [1.29, 1.82) is 0 Å². The number of aldehydes is 1. The lowest BCUT2D eigenvalue weighted by Gasteiger charge is -2.13. The molecule has 0 amide bonds. The van der Waals surface area contributed by atoms with Gasteiger partial charge in [-0.1, -0.05) is 6.08 Å². The predicted molar refractivity (Wildman–Crippen MR) is 59.4 cm³/mol. The molecular formula is C12H17NO2. The maximum Gasteiger partial charge on any atom is 0.157 e. The average molecular weight is 207 g/mol. The van der Waals surface area contributed by atoms with E-state index in [2.05, 4.69) is 5.32 Å². The zero-order chi connectivity index (χ0) is 10.9. The quantitative estimate of drug-likeness (QED) is 0.410. The Bertz CT molecular complexity index is 279. The number of hydrogen-bond acceptors (Lipinski definition) is 3. The molecule has 1 aliphatic carbocycles. The fraction of sp³-hybridized carbons (Fsp3) is 0.500. The van der Waals surface area contributed by atoms with E-state index in [0.29, 0.717) is 6.42 Å². The molecule has 0 heterocycles. The number of rotatable bonds is 6. The van der Waals surface area contributed by atoms with Gasteiger partial charge in [0.1, 0.15) is 6.29 Å². The second-order valence-electron chi connectivity index (χ2n) is 3.62. The van der Waals surface area contributed by atoms with E-state index in [4.69, 9.17) is 0 Å². The van der Waals surface area contributed by atoms with Crippen molar-refractivity contribution in [1.82, 2.24) is 5.32 Å². The summed E-state index contributed by atoms with van der Waals surface area (Å²) in [6.45, 7) is 0.863. The van der Waals surface area contributed by atoms with E-state index in [-0.39, 0.29) is 5.78 Å². The van der Waals surface area contributed by atoms with Gasteiger partial charge < -0.3 is 5.32 Å². The molecule has 0 aromatic heterocycles. The SMILES string of the molecule is O=C/C=C/CCCNC1=CC(=O)CCC1. The number of nitrogens with one attached hydrogen (secondary N) is 1. The molecule has 0 unspecified atom stereocenters. The minimum absolute atomic E-state index is 0.226. The first-order valence-corrected chi connectivity index (χ1v) is 5.40. The normalized spacial score (nSPS) is 16.5. The first-order valence-electron chi connectivity index (χ1n) is 5.40. The molecule has 0 aromatic rings. The Hall–Kier alpha value is -1.38. The maximum absolute atomic E-state index is 11.1. The summed E-state index contributed by atoms with van der Waals surface area (Å²) in [6, 6.07) is 0. The highest BCUT2D eigenvalue weighted by Gasteiger charge is 2.08. The molecule has 1 aliphatic rings. The third-order valence-electron chi connectivity index (χ3n) is 2.32. The second-order valence-corrected chi connectivity index (χ2v) is 3.62. The molecule has 3 heteroatoms. The molecule has 0 atom stereocenters. The van der Waals surface area contributed by atoms with Crippen molar-refractivity contribution in [3.05, 3.63) is 23.9 Å². The summed E-state index contributed by atoms with van der Waals surface area (Å²) in [5, 5.41) is 3.25. The van der Waals surface area contributed by atoms with Gasteiger partial charge in [0.2, 0.25) is 0 Å². The van der Waals surface area contributed by atoms with Crippen LogP contribution in [0.15, 0.2) is 23.9 Å². The van der Waals surface area contributed by atoms with Gasteiger partial charge in [-0.2, -0.15) is 0 Å². The van der Waals surface area contributed by atoms with Crippen LogP contribution in [-0.4, -0.2) is 18.6 Å². The molecule has 82 valence electrons. The smallest absolute Gasteiger partial charge is 0.157 e. The lowest BCUT2D eigenvalue weighted by atomic mass is 10.0. The van der Waals surface area contributed by atoms with E-state index < -0.39 is 0 Å². The minimum Gasteiger partial charge on any atom is -0.388 e. The van der Waals surface area contributed by atoms with E-state index in [1.54, 1.807) is 6.08 Å². The van der Waals surface area contributed by atoms with E-state index in [0.717, 1.165) is 44.2 Å². The average Bonchev–Trinajstić information content (AvgIpc) is 2.23. The van der Waals surface area contributed by atoms with Gasteiger partial charge in [-0.3, -0.25) is 9.59 Å². The highest BCUT2D eigenvalue weighted by atomic mass is 16.1. The fourth-order valence-electron chi connectivity index (χ4n) is 1.55. The molecule has 0 aliphatic heterocycles. The van der Waals surface area contributed by atoms with Crippen molar-refractivity contribution in [2.45, 2.75) is 32.1 Å². The van der Waals surface area contributed by atoms with Gasteiger partial charge in [-0.15, -0.1) is 0 Å². The van der Waals surface area contributed by atoms with Crippen molar-refractivity contribution in [3.8, 4) is 0 Å². The monoisotopic (exact) mass is 207 g/mol. The van der Waals surface area contributed by atoms with Crippen LogP contribution in [0.2, 0.25) is 0 Å². The molecule has 0 bridgehead atoms. The van der Waals surface area contributed by atoms with Gasteiger partial charge in [0.15, 0.2) is 5.78 Å². The molecule has 0 saturated carbocycles. The Morgan fingerprint density at radius 2 is 2.27 bits per heavy atom. The van der Waals surface area contributed by atoms with Gasteiger partial charge in [0.25, 0.3) is 0 Å². The third-order valence-corrected chi connectivity index (χ3v) is 2.32. The second kappa shape index (κ2) is 6.98. The summed E-state index contributed by atoms with van der Waals surface area (Å²) < 4.78 is 0. The van der Waals surface area contributed by atoms with Gasteiger partial charge in [0, 0.05) is 24.7 Å². The Balaban J connectivity index is 2.12. The van der Waals surface area contributed by atoms with E-state index in [1.165, 1.54) is 6.08 Å². The molecule has 0 saturated heterocycles. The van der Waals surface area contributed by atoms with Crippen LogP contribution in [-0.2, 0) is 9.59 Å². The topological polar surface area (TPSA) is 46.2 Å². The van der Waals surface area contributed by atoms with Gasteiger partial charge in [-0.05, 0) is 31.8 Å². The number of carbonyl (C=O) groups excluding carboxylic acids is 2. The number of carbonyl (C=O) groups is 2. The van der Waals surface area contributed by atoms with Gasteiger partial charge in [0.05, 0.1) is 0 Å². The number of hydrogen-bond donors (Lipinski definition) is 1. The van der Waals surface area contributed by atoms with Crippen molar-refractivity contribution in [2.75, 3.05) is 6.54 Å². The Morgan fingerprint density at radius 1 is 1.40 bits per heavy atom. The zero-order valence-electron chi connectivity index (χ0n) is 8.87. The molecule has 0 spiro atoms. The lowest BCUT2D eigenvalue weighted by Crippen LogP contribution is -2.18. The largest absolute Gasteiger partial charge is 0.388 e. The van der Waals surface area contributed by atoms with Gasteiger partial charge in [-0.25, -0.2) is 0 Å². The summed E-state index contributed by atoms with van der Waals surface area (Å²) in [5.41, 5.74) is 1.06. The molecule has 0 aromatic carbocycles. The van der Waals surface area contributed by atoms with Crippen LogP contribution in [0.25, 0.3) is 0 Å². The molecule has 3 nitrogen and oxygen atoms in total. The number of allylic oxidation sites excluding steroid dienone is 4. The molecule has 15 heavy (non-hydrogen) atoms. The Labute approximate surface area is 90.2 Å². The van der Waals surface area contributed by atoms with Crippen molar-refractivity contribution < 1.29 is 9.59 Å². The van der Waals surface area contributed by atoms with E-state index >= 15 is 0 Å². The van der Waals surface area contributed by atoms with Crippen molar-refractivity contribution >= 4 is 12.1 Å². The van der Waals surface area contributed by atoms with Crippen molar-refractivity contribution in [2.24, 2.45) is 0 Å². The highest BCUT2D eigenvalue weighted by molar-refractivity contribution is 5.91. The van der Waals surface area contributed by atoms with Crippen LogP contribution < -0.4 is 5.32 Å². The van der Waals surface area contributed by atoms with Crippen LogP contribution in [0.4, 0.5) is 0 Å². The highest BCUT2D eigenvalue weighted by Crippen LogP contribution is 2.12. The van der Waals surface area contributed by atoms with Gasteiger partial charge >= 0.3 is 0 Å². The first kappa shape index (κ1) is 11.7. The van der Waals surface area contributed by atoms with Crippen LogP contribution in [0.5, 0.6) is 0 Å². The summed E-state index contributed by atoms with van der Waals surface area (Å²) in [4.78, 5) is 21.1. The molecule has 0 radical (unpaired) electrons. The summed E-state index contributed by atoms with van der Waals surface area (Å²) in [7, 11) is 0. The minimum atomic E-state index is 0.226. The summed E-state index contributed by atoms with van der Waals surface area (Å²) >= 11 is 0. The third kappa shape index (κ3) is 5.15. The standard InChI is InChI=1S/C12H17NO2/c14-9-4-2-1-3-8-13-11-6-5-7-12(15)10-11/h2,4,9-10,13H,1,3,5-8H2/b4-2+. The molecule has 0 fully saturated rings. The molecule has 1 rings (SSSR count). The van der Waals surface area contributed by atoms with Crippen LogP contribution >= 0.6 is 0 Å². The van der Waals surface area contributed by atoms with Crippen LogP contribution in [0, 0.1) is 0 Å². The Morgan fingerprint density at radius 3 is 3.00 bits per heavy atom. The fourth-order valence-corrected chi connectivity index (χ4v) is 1.55. The lowest BCUT2D eigenvalue weighted by molar-refractivity contribution is -0.115. The van der Waals surface area contributed by atoms with E-state index in [9.17, 15) is 9.59 Å². The summed E-state index contributed by atoms with van der Waals surface area (Å²) in [6.07, 6.45) is 10.4. The number of unbranched alkanes of at least 4 members (excludes halogenated alkanes) is 1. The van der Waals surface area contributed by atoms with E-state index in [1.807, 2.05) is 6.08 Å². The van der Waals surface area contributed by atoms with Crippen LogP contribution in [0.3, 0.4) is 0 Å². The zero-order valence-corrected chi connectivity index (χ0v) is 8.87. The van der Waals surface area contributed by atoms with Crippen LogP contribution in [0.1, 0.15) is 32.1 Å².